The molecule has 0 spiro atoms. The maximum atomic E-state index is 6.08. The predicted molar refractivity (Wildman–Crippen MR) is 74.4 cm³/mol. The van der Waals surface area contributed by atoms with Crippen molar-refractivity contribution in [2.45, 2.75) is 12.6 Å². The molecule has 2 aromatic rings. The van der Waals surface area contributed by atoms with Crippen molar-refractivity contribution in [3.05, 3.63) is 57.2 Å². The van der Waals surface area contributed by atoms with Crippen LogP contribution >= 0.6 is 22.9 Å². The van der Waals surface area contributed by atoms with Gasteiger partial charge in [-0.1, -0.05) is 35.9 Å². The van der Waals surface area contributed by atoms with Crippen LogP contribution in [-0.2, 0) is 6.42 Å². The van der Waals surface area contributed by atoms with Crippen LogP contribution in [0.1, 0.15) is 16.6 Å². The van der Waals surface area contributed by atoms with Gasteiger partial charge in [0.1, 0.15) is 0 Å². The second-order valence-corrected chi connectivity index (χ2v) is 5.22. The summed E-state index contributed by atoms with van der Waals surface area (Å²) < 4.78 is 0. The van der Waals surface area contributed by atoms with Crippen LogP contribution in [0.4, 0.5) is 0 Å². The van der Waals surface area contributed by atoms with Gasteiger partial charge in [-0.15, -0.1) is 11.3 Å². The van der Waals surface area contributed by atoms with E-state index in [0.29, 0.717) is 5.02 Å². The van der Waals surface area contributed by atoms with E-state index >= 15 is 0 Å². The summed E-state index contributed by atoms with van der Waals surface area (Å²) in [6.07, 6.45) is 0.791. The molecule has 0 bridgehead atoms. The van der Waals surface area contributed by atoms with Gasteiger partial charge in [-0.3, -0.25) is 5.32 Å². The molecule has 4 heteroatoms. The second kappa shape index (κ2) is 6.17. The number of benzene rings is 1. The Kier molecular flexibility index (Phi) is 4.57. The van der Waals surface area contributed by atoms with Crippen molar-refractivity contribution in [3.8, 4) is 0 Å². The maximum absolute atomic E-state index is 6.08. The van der Waals surface area contributed by atoms with Crippen molar-refractivity contribution < 1.29 is 0 Å². The summed E-state index contributed by atoms with van der Waals surface area (Å²) in [5.74, 6) is 0. The number of hydrogen-bond donors (Lipinski definition) is 2. The Morgan fingerprint density at radius 2 is 2.06 bits per heavy atom. The van der Waals surface area contributed by atoms with Crippen molar-refractivity contribution in [2.24, 2.45) is 5.73 Å². The van der Waals surface area contributed by atoms with Crippen LogP contribution in [0.25, 0.3) is 0 Å². The van der Waals surface area contributed by atoms with Gasteiger partial charge in [0.25, 0.3) is 0 Å². The van der Waals surface area contributed by atoms with Gasteiger partial charge < -0.3 is 5.73 Å². The summed E-state index contributed by atoms with van der Waals surface area (Å²) in [5, 5.41) is 6.08. The molecule has 90 valence electrons. The number of thiophene rings is 1. The molecule has 0 saturated heterocycles. The van der Waals surface area contributed by atoms with Gasteiger partial charge >= 0.3 is 0 Å². The van der Waals surface area contributed by atoms with E-state index in [0.717, 1.165) is 18.5 Å². The largest absolute Gasteiger partial charge is 0.312 e. The van der Waals surface area contributed by atoms with Gasteiger partial charge in [0.15, 0.2) is 0 Å². The first-order valence-corrected chi connectivity index (χ1v) is 6.79. The van der Waals surface area contributed by atoms with E-state index in [-0.39, 0.29) is 6.17 Å². The van der Waals surface area contributed by atoms with Gasteiger partial charge in [0, 0.05) is 22.0 Å². The third-order valence-electron chi connectivity index (χ3n) is 2.56. The maximum Gasteiger partial charge on any atom is 0.0824 e. The molecule has 0 aliphatic rings. The molecule has 1 heterocycles. The summed E-state index contributed by atoms with van der Waals surface area (Å²) in [6, 6.07) is 11.9. The third kappa shape index (κ3) is 3.54. The van der Waals surface area contributed by atoms with Crippen LogP contribution in [-0.4, -0.2) is 6.54 Å². The summed E-state index contributed by atoms with van der Waals surface area (Å²) in [5.41, 5.74) is 6.99. The Hall–Kier alpha value is -0.870. The molecule has 0 aliphatic carbocycles. The highest BCUT2D eigenvalue weighted by molar-refractivity contribution is 7.09. The fraction of sp³-hybridized carbons (Fsp3) is 0.231. The molecule has 1 aromatic carbocycles. The lowest BCUT2D eigenvalue weighted by Gasteiger charge is -2.15. The number of nitrogens with one attached hydrogen (secondary N) is 1. The summed E-state index contributed by atoms with van der Waals surface area (Å²) >= 11 is 7.85. The number of nitrogens with two attached hydrogens (primary N) is 1. The molecular formula is C13H15ClN2S. The standard InChI is InChI=1S/C13H15ClN2S/c14-12-6-2-1-5-11(12)13(15)16-8-7-10-4-3-9-17-10/h1-6,9,13,16H,7-8,15H2. The highest BCUT2D eigenvalue weighted by Crippen LogP contribution is 2.19. The molecule has 0 fully saturated rings. The molecule has 1 atom stereocenters. The molecule has 0 amide bonds. The third-order valence-corrected chi connectivity index (χ3v) is 3.84. The van der Waals surface area contributed by atoms with Crippen LogP contribution in [0, 0.1) is 0 Å². The van der Waals surface area contributed by atoms with Crippen LogP contribution in [0.3, 0.4) is 0 Å². The average Bonchev–Trinajstić information content (AvgIpc) is 2.82. The Balaban J connectivity index is 1.85. The molecule has 0 saturated carbocycles. The van der Waals surface area contributed by atoms with Gasteiger partial charge in [-0.05, 0) is 23.9 Å². The lowest BCUT2D eigenvalue weighted by atomic mass is 10.2. The fourth-order valence-electron chi connectivity index (χ4n) is 1.64. The lowest BCUT2D eigenvalue weighted by Crippen LogP contribution is -2.30. The average molecular weight is 267 g/mol. The van der Waals surface area contributed by atoms with Crippen molar-refractivity contribution in [2.75, 3.05) is 6.54 Å². The normalized spacial score (nSPS) is 12.6. The SMILES string of the molecule is NC(NCCc1cccs1)c1ccccc1Cl. The van der Waals surface area contributed by atoms with Crippen molar-refractivity contribution in [1.29, 1.82) is 0 Å². The smallest absolute Gasteiger partial charge is 0.0824 e. The monoisotopic (exact) mass is 266 g/mol. The summed E-state index contributed by atoms with van der Waals surface area (Å²) in [7, 11) is 0. The van der Waals surface area contributed by atoms with Gasteiger partial charge in [-0.25, -0.2) is 0 Å². The van der Waals surface area contributed by atoms with Gasteiger partial charge in [-0.2, -0.15) is 0 Å². The van der Waals surface area contributed by atoms with Crippen LogP contribution in [0.15, 0.2) is 41.8 Å². The fourth-order valence-corrected chi connectivity index (χ4v) is 2.61. The van der Waals surface area contributed by atoms with Crippen molar-refractivity contribution >= 4 is 22.9 Å². The first kappa shape index (κ1) is 12.6. The Bertz CT molecular complexity index is 456. The highest BCUT2D eigenvalue weighted by atomic mass is 35.5. The molecule has 0 aliphatic heterocycles. The zero-order valence-electron chi connectivity index (χ0n) is 9.40. The molecule has 17 heavy (non-hydrogen) atoms. The molecule has 1 unspecified atom stereocenters. The zero-order chi connectivity index (χ0) is 12.1. The van der Waals surface area contributed by atoms with Gasteiger partial charge in [0.2, 0.25) is 0 Å². The second-order valence-electron chi connectivity index (χ2n) is 3.78. The topological polar surface area (TPSA) is 38.0 Å². The first-order valence-electron chi connectivity index (χ1n) is 5.53. The van der Waals surface area contributed by atoms with E-state index in [1.165, 1.54) is 4.88 Å². The van der Waals surface area contributed by atoms with E-state index in [1.54, 1.807) is 11.3 Å². The van der Waals surface area contributed by atoms with E-state index in [4.69, 9.17) is 17.3 Å². The van der Waals surface area contributed by atoms with Crippen LogP contribution in [0.5, 0.6) is 0 Å². The molecule has 1 aromatic heterocycles. The Morgan fingerprint density at radius 1 is 1.24 bits per heavy atom. The summed E-state index contributed by atoms with van der Waals surface area (Å²) in [6.45, 7) is 0.854. The molecule has 0 radical (unpaired) electrons. The minimum absolute atomic E-state index is 0.205. The zero-order valence-corrected chi connectivity index (χ0v) is 11.0. The number of halogens is 1. The van der Waals surface area contributed by atoms with E-state index in [2.05, 4.69) is 22.8 Å². The Morgan fingerprint density at radius 3 is 2.76 bits per heavy atom. The minimum Gasteiger partial charge on any atom is -0.312 e. The van der Waals surface area contributed by atoms with Crippen LogP contribution in [0.2, 0.25) is 5.02 Å². The van der Waals surface area contributed by atoms with E-state index in [9.17, 15) is 0 Å². The number of hydrogen-bond acceptors (Lipinski definition) is 3. The van der Waals surface area contributed by atoms with E-state index in [1.807, 2.05) is 24.3 Å². The molecule has 2 rings (SSSR count). The van der Waals surface area contributed by atoms with E-state index < -0.39 is 0 Å². The Labute approximate surface area is 110 Å². The lowest BCUT2D eigenvalue weighted by molar-refractivity contribution is 0.556. The van der Waals surface area contributed by atoms with Crippen molar-refractivity contribution in [3.63, 3.8) is 0 Å². The summed E-state index contributed by atoms with van der Waals surface area (Å²) in [4.78, 5) is 1.36. The van der Waals surface area contributed by atoms with Crippen molar-refractivity contribution in [1.82, 2.24) is 5.32 Å². The highest BCUT2D eigenvalue weighted by Gasteiger charge is 2.08. The predicted octanol–water partition coefficient (Wildman–Crippen LogP) is 3.19. The molecular weight excluding hydrogens is 252 g/mol. The molecule has 3 N–H and O–H groups in total. The van der Waals surface area contributed by atoms with Crippen LogP contribution < -0.4 is 11.1 Å². The first-order chi connectivity index (χ1) is 8.27. The van der Waals surface area contributed by atoms with Gasteiger partial charge in [0.05, 0.1) is 6.17 Å². The molecule has 2 nitrogen and oxygen atoms in total. The number of rotatable bonds is 5. The quantitative estimate of drug-likeness (QED) is 0.816. The minimum atomic E-state index is -0.205.